The van der Waals surface area contributed by atoms with Crippen molar-refractivity contribution in [2.75, 3.05) is 12.0 Å². The van der Waals surface area contributed by atoms with Crippen LogP contribution in [0.15, 0.2) is 10.5 Å². The minimum atomic E-state index is -3.06. The van der Waals surface area contributed by atoms with E-state index in [1.54, 1.807) is 6.07 Å². The first-order chi connectivity index (χ1) is 6.29. The van der Waals surface area contributed by atoms with E-state index in [1.165, 1.54) is 0 Å². The molecule has 0 unspecified atom stereocenters. The van der Waals surface area contributed by atoms with Gasteiger partial charge in [-0.2, -0.15) is 0 Å². The number of aryl methyl sites for hydroxylation is 2. The molecule has 0 radical (unpaired) electrons. The fourth-order valence-electron chi connectivity index (χ4n) is 1.19. The Balaban J connectivity index is 2.85. The van der Waals surface area contributed by atoms with Crippen LogP contribution in [-0.4, -0.2) is 20.4 Å². The number of hydrogen-bond donors (Lipinski definition) is 1. The molecule has 1 aromatic heterocycles. The van der Waals surface area contributed by atoms with Crippen LogP contribution in [0.25, 0.3) is 0 Å². The van der Waals surface area contributed by atoms with Crippen molar-refractivity contribution in [1.82, 2.24) is 0 Å². The van der Waals surface area contributed by atoms with E-state index in [0.717, 1.165) is 17.6 Å². The topological polar surface area (TPSA) is 73.3 Å². The summed E-state index contributed by atoms with van der Waals surface area (Å²) in [5.74, 6) is 1.23. The second kappa shape index (κ2) is 3.74. The summed E-state index contributed by atoms with van der Waals surface area (Å²) in [6.07, 6.45) is 1.16. The zero-order valence-electron chi connectivity index (χ0n) is 8.57. The van der Waals surface area contributed by atoms with E-state index in [-0.39, 0.29) is 5.75 Å². The van der Waals surface area contributed by atoms with Gasteiger partial charge in [-0.1, -0.05) is 0 Å². The highest BCUT2D eigenvalue weighted by molar-refractivity contribution is 7.90. The quantitative estimate of drug-likeness (QED) is 0.817. The molecule has 0 saturated carbocycles. The molecule has 0 aliphatic rings. The summed E-state index contributed by atoms with van der Waals surface area (Å²) >= 11 is 0. The first kappa shape index (κ1) is 11.3. The van der Waals surface area contributed by atoms with Gasteiger partial charge in [0.15, 0.2) is 0 Å². The molecule has 1 rings (SSSR count). The van der Waals surface area contributed by atoms with Gasteiger partial charge in [0, 0.05) is 6.26 Å². The van der Waals surface area contributed by atoms with Crippen molar-refractivity contribution < 1.29 is 12.8 Å². The summed E-state index contributed by atoms with van der Waals surface area (Å²) in [4.78, 5) is 0. The minimum absolute atomic E-state index is 0.0839. The minimum Gasteiger partial charge on any atom is -0.464 e. The first-order valence-corrected chi connectivity index (χ1v) is 6.36. The van der Waals surface area contributed by atoms with Gasteiger partial charge in [-0.3, -0.25) is 0 Å². The van der Waals surface area contributed by atoms with Crippen LogP contribution in [-0.2, 0) is 9.84 Å². The third-order valence-corrected chi connectivity index (χ3v) is 3.00. The van der Waals surface area contributed by atoms with Crippen LogP contribution in [0, 0.1) is 13.8 Å². The summed E-state index contributed by atoms with van der Waals surface area (Å²) in [7, 11) is -3.06. The van der Waals surface area contributed by atoms with Gasteiger partial charge in [0.05, 0.1) is 11.8 Å². The molecule has 1 atom stereocenters. The molecule has 1 aromatic rings. The Bertz CT molecular complexity index is 400. The highest BCUT2D eigenvalue weighted by atomic mass is 32.2. The van der Waals surface area contributed by atoms with Gasteiger partial charge in [-0.15, -0.1) is 0 Å². The van der Waals surface area contributed by atoms with E-state index in [2.05, 4.69) is 0 Å². The second-order valence-electron chi connectivity index (χ2n) is 3.59. The van der Waals surface area contributed by atoms with E-state index in [9.17, 15) is 8.42 Å². The fourth-order valence-corrected chi connectivity index (χ4v) is 2.01. The zero-order valence-corrected chi connectivity index (χ0v) is 9.39. The van der Waals surface area contributed by atoms with Crippen molar-refractivity contribution in [3.05, 3.63) is 23.2 Å². The second-order valence-corrected chi connectivity index (χ2v) is 5.77. The number of rotatable bonds is 3. The van der Waals surface area contributed by atoms with Crippen LogP contribution in [0.3, 0.4) is 0 Å². The summed E-state index contributed by atoms with van der Waals surface area (Å²) in [6.45, 7) is 3.72. The van der Waals surface area contributed by atoms with Crippen molar-refractivity contribution in [2.24, 2.45) is 5.73 Å². The van der Waals surface area contributed by atoms with Crippen molar-refractivity contribution in [2.45, 2.75) is 19.9 Å². The SMILES string of the molecule is Cc1cc([C@@H](N)CS(C)(=O)=O)oc1C. The number of furan rings is 1. The molecule has 0 spiro atoms. The molecule has 14 heavy (non-hydrogen) atoms. The normalized spacial score (nSPS) is 14.3. The lowest BCUT2D eigenvalue weighted by Crippen LogP contribution is -2.20. The predicted octanol–water partition coefficient (Wildman–Crippen LogP) is 0.941. The molecule has 4 nitrogen and oxygen atoms in total. The van der Waals surface area contributed by atoms with E-state index < -0.39 is 15.9 Å². The van der Waals surface area contributed by atoms with Gasteiger partial charge in [-0.05, 0) is 25.5 Å². The summed E-state index contributed by atoms with van der Waals surface area (Å²) in [5.41, 5.74) is 6.68. The Labute approximate surface area is 84.0 Å². The Morgan fingerprint density at radius 3 is 2.43 bits per heavy atom. The highest BCUT2D eigenvalue weighted by Crippen LogP contribution is 2.19. The standard InChI is InChI=1S/C9H15NO3S/c1-6-4-9(13-7(6)2)8(10)5-14(3,11)12/h4,8H,5,10H2,1-3H3/t8-/m0/s1. The summed E-state index contributed by atoms with van der Waals surface area (Å²) in [6, 6.07) is 1.21. The molecule has 0 aliphatic heterocycles. The van der Waals surface area contributed by atoms with E-state index >= 15 is 0 Å². The monoisotopic (exact) mass is 217 g/mol. The third-order valence-electron chi connectivity index (χ3n) is 2.03. The molecule has 0 saturated heterocycles. The van der Waals surface area contributed by atoms with Gasteiger partial charge in [0.2, 0.25) is 0 Å². The molecule has 0 bridgehead atoms. The van der Waals surface area contributed by atoms with Crippen molar-refractivity contribution in [1.29, 1.82) is 0 Å². The smallest absolute Gasteiger partial charge is 0.149 e. The van der Waals surface area contributed by atoms with Gasteiger partial charge >= 0.3 is 0 Å². The van der Waals surface area contributed by atoms with Crippen LogP contribution in [0.1, 0.15) is 23.1 Å². The predicted molar refractivity (Wildman–Crippen MR) is 54.8 cm³/mol. The van der Waals surface area contributed by atoms with Crippen LogP contribution >= 0.6 is 0 Å². The van der Waals surface area contributed by atoms with Crippen LogP contribution in [0.5, 0.6) is 0 Å². The molecule has 1 heterocycles. The largest absolute Gasteiger partial charge is 0.464 e. The zero-order chi connectivity index (χ0) is 10.9. The van der Waals surface area contributed by atoms with E-state index in [0.29, 0.717) is 5.76 Å². The molecule has 0 fully saturated rings. The Morgan fingerprint density at radius 1 is 1.50 bits per heavy atom. The molecular weight excluding hydrogens is 202 g/mol. The van der Waals surface area contributed by atoms with Crippen molar-refractivity contribution in [3.8, 4) is 0 Å². The Morgan fingerprint density at radius 2 is 2.07 bits per heavy atom. The molecule has 5 heteroatoms. The number of nitrogens with two attached hydrogens (primary N) is 1. The van der Waals surface area contributed by atoms with Crippen LogP contribution in [0.4, 0.5) is 0 Å². The molecule has 0 aromatic carbocycles. The maximum atomic E-state index is 11.0. The van der Waals surface area contributed by atoms with Gasteiger partial charge in [-0.25, -0.2) is 8.42 Å². The Kier molecular flexibility index (Phi) is 3.01. The summed E-state index contributed by atoms with van der Waals surface area (Å²) in [5, 5.41) is 0. The summed E-state index contributed by atoms with van der Waals surface area (Å²) < 4.78 is 27.3. The van der Waals surface area contributed by atoms with Gasteiger partial charge in [0.25, 0.3) is 0 Å². The number of hydrogen-bond acceptors (Lipinski definition) is 4. The fraction of sp³-hybridized carbons (Fsp3) is 0.556. The maximum absolute atomic E-state index is 11.0. The first-order valence-electron chi connectivity index (χ1n) is 4.30. The third kappa shape index (κ3) is 2.85. The van der Waals surface area contributed by atoms with Crippen molar-refractivity contribution in [3.63, 3.8) is 0 Å². The number of sulfone groups is 1. The molecule has 0 amide bonds. The molecular formula is C9H15NO3S. The maximum Gasteiger partial charge on any atom is 0.149 e. The van der Waals surface area contributed by atoms with Crippen LogP contribution in [0.2, 0.25) is 0 Å². The highest BCUT2D eigenvalue weighted by Gasteiger charge is 2.17. The lowest BCUT2D eigenvalue weighted by atomic mass is 10.2. The molecule has 80 valence electrons. The average Bonchev–Trinajstić information content (AvgIpc) is 2.28. The average molecular weight is 217 g/mol. The Hall–Kier alpha value is -0.810. The van der Waals surface area contributed by atoms with Crippen LogP contribution < -0.4 is 5.73 Å². The van der Waals surface area contributed by atoms with E-state index in [4.69, 9.17) is 10.2 Å². The molecule has 0 aliphatic carbocycles. The van der Waals surface area contributed by atoms with E-state index in [1.807, 2.05) is 13.8 Å². The molecule has 2 N–H and O–H groups in total. The van der Waals surface area contributed by atoms with Crippen molar-refractivity contribution >= 4 is 9.84 Å². The van der Waals surface area contributed by atoms with Gasteiger partial charge < -0.3 is 10.2 Å². The van der Waals surface area contributed by atoms with Gasteiger partial charge in [0.1, 0.15) is 21.4 Å². The lowest BCUT2D eigenvalue weighted by molar-refractivity contribution is 0.455. The lowest BCUT2D eigenvalue weighted by Gasteiger charge is -2.05.